The van der Waals surface area contributed by atoms with Gasteiger partial charge in [-0.2, -0.15) is 10.4 Å². The second-order valence-electron chi connectivity index (χ2n) is 1.52. The number of nitrogens with zero attached hydrogens (tertiary/aromatic N) is 1. The SMILES string of the molecule is O=NCC(Br)(CO)NO. The number of hydroxylamine groups is 1. The van der Waals surface area contributed by atoms with Crippen molar-refractivity contribution in [1.82, 2.24) is 5.48 Å². The summed E-state index contributed by atoms with van der Waals surface area (Å²) < 4.78 is -1.17. The average molecular weight is 199 g/mol. The molecule has 9 heavy (non-hydrogen) atoms. The lowest BCUT2D eigenvalue weighted by molar-refractivity contribution is 0.0805. The molecule has 0 aliphatic rings. The van der Waals surface area contributed by atoms with Gasteiger partial charge < -0.3 is 10.3 Å². The highest BCUT2D eigenvalue weighted by atomic mass is 79.9. The van der Waals surface area contributed by atoms with E-state index in [2.05, 4.69) is 21.1 Å². The van der Waals surface area contributed by atoms with Crippen LogP contribution in [0, 0.1) is 4.91 Å². The molecule has 6 heteroatoms. The largest absolute Gasteiger partial charge is 0.393 e. The molecule has 0 aliphatic heterocycles. The second kappa shape index (κ2) is 3.89. The molecule has 0 heterocycles. The average Bonchev–Trinajstić information content (AvgIpc) is 1.89. The third-order valence-electron chi connectivity index (χ3n) is 0.766. The molecule has 0 amide bonds. The van der Waals surface area contributed by atoms with Crippen LogP contribution in [0.5, 0.6) is 0 Å². The van der Waals surface area contributed by atoms with Gasteiger partial charge >= 0.3 is 0 Å². The van der Waals surface area contributed by atoms with E-state index in [0.29, 0.717) is 0 Å². The zero-order valence-electron chi connectivity index (χ0n) is 4.54. The van der Waals surface area contributed by atoms with Gasteiger partial charge in [0, 0.05) is 0 Å². The van der Waals surface area contributed by atoms with Crippen LogP contribution in [0.2, 0.25) is 0 Å². The number of nitroso groups, excluding NO2 is 1. The molecule has 0 radical (unpaired) electrons. The van der Waals surface area contributed by atoms with Gasteiger partial charge in [-0.25, -0.2) is 0 Å². The molecular formula is C3H7BrN2O3. The smallest absolute Gasteiger partial charge is 0.143 e. The van der Waals surface area contributed by atoms with Gasteiger partial charge in [-0.05, 0) is 0 Å². The molecule has 0 saturated carbocycles. The van der Waals surface area contributed by atoms with Crippen LogP contribution < -0.4 is 5.48 Å². The maximum absolute atomic E-state index is 9.60. The van der Waals surface area contributed by atoms with E-state index in [1.165, 1.54) is 0 Å². The van der Waals surface area contributed by atoms with Crippen molar-refractivity contribution >= 4 is 15.9 Å². The summed E-state index contributed by atoms with van der Waals surface area (Å²) in [5, 5.41) is 19.2. The van der Waals surface area contributed by atoms with Crippen molar-refractivity contribution in [3.8, 4) is 0 Å². The Hall–Kier alpha value is -0.0400. The standard InChI is InChI=1S/C3H7BrN2O3/c4-3(2-7,6-9)1-5-8/h6-7,9H,1-2H2. The zero-order valence-corrected chi connectivity index (χ0v) is 6.13. The van der Waals surface area contributed by atoms with Crippen molar-refractivity contribution < 1.29 is 10.3 Å². The lowest BCUT2D eigenvalue weighted by Crippen LogP contribution is -2.43. The lowest BCUT2D eigenvalue weighted by atomic mass is 10.3. The Morgan fingerprint density at radius 2 is 2.33 bits per heavy atom. The Balaban J connectivity index is 3.75. The first-order valence-corrected chi connectivity index (χ1v) is 2.98. The summed E-state index contributed by atoms with van der Waals surface area (Å²) >= 11 is 2.84. The Kier molecular flexibility index (Phi) is 3.87. The number of aliphatic hydroxyl groups excluding tert-OH is 1. The van der Waals surface area contributed by atoms with Crippen molar-refractivity contribution in [3.63, 3.8) is 0 Å². The van der Waals surface area contributed by atoms with Gasteiger partial charge in [0.25, 0.3) is 0 Å². The van der Waals surface area contributed by atoms with Gasteiger partial charge in [-0.3, -0.25) is 0 Å². The topological polar surface area (TPSA) is 81.9 Å². The van der Waals surface area contributed by atoms with Crippen LogP contribution in [0.3, 0.4) is 0 Å². The monoisotopic (exact) mass is 198 g/mol. The molecule has 0 aromatic carbocycles. The summed E-state index contributed by atoms with van der Waals surface area (Å²) in [5.41, 5.74) is 1.70. The van der Waals surface area contributed by atoms with Gasteiger partial charge in [0.2, 0.25) is 0 Å². The predicted octanol–water partition coefficient (Wildman–Crippen LogP) is -0.185. The van der Waals surface area contributed by atoms with E-state index >= 15 is 0 Å². The number of alkyl halides is 1. The van der Waals surface area contributed by atoms with E-state index < -0.39 is 11.1 Å². The third-order valence-corrected chi connectivity index (χ3v) is 1.45. The molecule has 3 N–H and O–H groups in total. The van der Waals surface area contributed by atoms with Gasteiger partial charge in [0.05, 0.1) is 6.61 Å². The molecule has 1 atom stereocenters. The lowest BCUT2D eigenvalue weighted by Gasteiger charge is -2.18. The minimum atomic E-state index is -1.17. The molecule has 0 fully saturated rings. The zero-order chi connectivity index (χ0) is 7.33. The Labute approximate surface area is 60.1 Å². The summed E-state index contributed by atoms with van der Waals surface area (Å²) in [4.78, 5) is 9.60. The maximum atomic E-state index is 9.60. The van der Waals surface area contributed by atoms with Gasteiger partial charge in [0.15, 0.2) is 0 Å². The molecule has 0 rings (SSSR count). The van der Waals surface area contributed by atoms with E-state index in [9.17, 15) is 4.91 Å². The quantitative estimate of drug-likeness (QED) is 0.254. The van der Waals surface area contributed by atoms with E-state index in [4.69, 9.17) is 10.3 Å². The Morgan fingerprint density at radius 1 is 1.78 bits per heavy atom. The highest BCUT2D eigenvalue weighted by Gasteiger charge is 2.24. The first kappa shape index (κ1) is 8.96. The number of aliphatic hydroxyl groups is 1. The van der Waals surface area contributed by atoms with Crippen molar-refractivity contribution in [3.05, 3.63) is 4.91 Å². The van der Waals surface area contributed by atoms with Crippen molar-refractivity contribution in [1.29, 1.82) is 0 Å². The van der Waals surface area contributed by atoms with E-state index in [1.807, 2.05) is 0 Å². The number of hydrogen-bond acceptors (Lipinski definition) is 5. The fourth-order valence-corrected chi connectivity index (χ4v) is 0.325. The molecule has 0 aromatic heterocycles. The number of halogens is 1. The molecule has 0 spiro atoms. The normalized spacial score (nSPS) is 16.8. The minimum absolute atomic E-state index is 0.236. The molecule has 0 bridgehead atoms. The highest BCUT2D eigenvalue weighted by molar-refractivity contribution is 9.10. The van der Waals surface area contributed by atoms with Crippen LogP contribution in [-0.2, 0) is 0 Å². The summed E-state index contributed by atoms with van der Waals surface area (Å²) in [6.45, 7) is -0.644. The van der Waals surface area contributed by atoms with Crippen LogP contribution in [0.25, 0.3) is 0 Å². The molecule has 0 aromatic rings. The van der Waals surface area contributed by atoms with E-state index in [1.54, 1.807) is 5.48 Å². The molecule has 1 unspecified atom stereocenters. The van der Waals surface area contributed by atoms with E-state index in [0.717, 1.165) is 0 Å². The predicted molar refractivity (Wildman–Crippen MR) is 34.3 cm³/mol. The van der Waals surface area contributed by atoms with Gasteiger partial charge in [-0.1, -0.05) is 21.1 Å². The second-order valence-corrected chi connectivity index (χ2v) is 3.04. The van der Waals surface area contributed by atoms with Crippen molar-refractivity contribution in [2.24, 2.45) is 5.18 Å². The Bertz CT molecular complexity index is 95.1. The van der Waals surface area contributed by atoms with Crippen LogP contribution in [0.4, 0.5) is 0 Å². The molecule has 54 valence electrons. The van der Waals surface area contributed by atoms with E-state index in [-0.39, 0.29) is 6.54 Å². The van der Waals surface area contributed by atoms with Crippen molar-refractivity contribution in [2.45, 2.75) is 4.45 Å². The third kappa shape index (κ3) is 2.85. The number of nitrogens with one attached hydrogen (secondary N) is 1. The maximum Gasteiger partial charge on any atom is 0.143 e. The summed E-state index contributed by atoms with van der Waals surface area (Å²) in [6, 6.07) is 0. The number of rotatable bonds is 4. The first-order valence-electron chi connectivity index (χ1n) is 2.18. The fraction of sp³-hybridized carbons (Fsp3) is 1.00. The van der Waals surface area contributed by atoms with Gasteiger partial charge in [0.1, 0.15) is 11.0 Å². The molecule has 0 saturated heterocycles. The fourth-order valence-electron chi connectivity index (χ4n) is 0.223. The molecular weight excluding hydrogens is 192 g/mol. The Morgan fingerprint density at radius 3 is 2.44 bits per heavy atom. The molecule has 5 nitrogen and oxygen atoms in total. The minimum Gasteiger partial charge on any atom is -0.393 e. The summed E-state index contributed by atoms with van der Waals surface area (Å²) in [7, 11) is 0. The molecule has 0 aliphatic carbocycles. The first-order chi connectivity index (χ1) is 4.18. The van der Waals surface area contributed by atoms with Crippen LogP contribution in [0.15, 0.2) is 5.18 Å². The van der Waals surface area contributed by atoms with Crippen LogP contribution >= 0.6 is 15.9 Å². The number of hydrogen-bond donors (Lipinski definition) is 3. The summed E-state index contributed by atoms with van der Waals surface area (Å²) in [6.07, 6.45) is 0. The van der Waals surface area contributed by atoms with Crippen LogP contribution in [0.1, 0.15) is 0 Å². The highest BCUT2D eigenvalue weighted by Crippen LogP contribution is 2.11. The van der Waals surface area contributed by atoms with Crippen LogP contribution in [-0.4, -0.2) is 27.9 Å². The summed E-state index contributed by atoms with van der Waals surface area (Å²) in [5.74, 6) is 0. The van der Waals surface area contributed by atoms with Crippen molar-refractivity contribution in [2.75, 3.05) is 13.2 Å². The van der Waals surface area contributed by atoms with Gasteiger partial charge in [-0.15, -0.1) is 0 Å².